The van der Waals surface area contributed by atoms with Gasteiger partial charge in [-0.2, -0.15) is 0 Å². The van der Waals surface area contributed by atoms with Crippen molar-refractivity contribution in [2.75, 3.05) is 17.6 Å². The number of carbonyl (C=O) groups excluding carboxylic acids is 2. The minimum absolute atomic E-state index is 0.0333. The first-order chi connectivity index (χ1) is 15.2. The smallest absolute Gasteiger partial charge is 0.408 e. The predicted octanol–water partition coefficient (Wildman–Crippen LogP) is 5.08. The molecule has 33 heavy (non-hydrogen) atoms. The Morgan fingerprint density at radius 1 is 1.06 bits per heavy atom. The van der Waals surface area contributed by atoms with Crippen molar-refractivity contribution in [2.24, 2.45) is 5.92 Å². The molecular formula is C23H29F2N2O5P. The number of halogens is 2. The van der Waals surface area contributed by atoms with Crippen LogP contribution in [0.5, 0.6) is 0 Å². The summed E-state index contributed by atoms with van der Waals surface area (Å²) in [5, 5.41) is 5.08. The van der Waals surface area contributed by atoms with Gasteiger partial charge < -0.3 is 20.3 Å². The number of para-hydroxylation sites is 1. The fourth-order valence-corrected chi connectivity index (χ4v) is 5.16. The van der Waals surface area contributed by atoms with E-state index in [-0.39, 0.29) is 5.56 Å². The highest BCUT2D eigenvalue weighted by molar-refractivity contribution is 7.58. The van der Waals surface area contributed by atoms with Crippen molar-refractivity contribution in [3.63, 3.8) is 0 Å². The third-order valence-corrected chi connectivity index (χ3v) is 6.55. The van der Waals surface area contributed by atoms with E-state index in [0.717, 1.165) is 12.1 Å². The fourth-order valence-electron chi connectivity index (χ4n) is 3.12. The van der Waals surface area contributed by atoms with Crippen LogP contribution in [0.15, 0.2) is 48.5 Å². The average molecular weight is 482 g/mol. The summed E-state index contributed by atoms with van der Waals surface area (Å²) in [6.07, 6.45) is -1.85. The van der Waals surface area contributed by atoms with E-state index in [0.29, 0.717) is 11.8 Å². The first-order valence-electron chi connectivity index (χ1n) is 10.4. The predicted molar refractivity (Wildman–Crippen MR) is 122 cm³/mol. The molecule has 3 unspecified atom stereocenters. The number of alkyl carbamates (subject to hydrolysis) is 1. The maximum Gasteiger partial charge on any atom is 0.408 e. The molecule has 0 saturated heterocycles. The van der Waals surface area contributed by atoms with Crippen LogP contribution in [0.2, 0.25) is 0 Å². The lowest BCUT2D eigenvalue weighted by Crippen LogP contribution is -2.36. The molecule has 2 aromatic rings. The van der Waals surface area contributed by atoms with Crippen molar-refractivity contribution in [2.45, 2.75) is 39.3 Å². The van der Waals surface area contributed by atoms with Gasteiger partial charge in [0.25, 0.3) is 0 Å². The summed E-state index contributed by atoms with van der Waals surface area (Å²) in [4.78, 5) is 35.3. The molecule has 2 amide bonds. The van der Waals surface area contributed by atoms with Gasteiger partial charge in [0, 0.05) is 30.0 Å². The highest BCUT2D eigenvalue weighted by Gasteiger charge is 2.32. The zero-order valence-electron chi connectivity index (χ0n) is 19.0. The molecule has 0 radical (unpaired) electrons. The summed E-state index contributed by atoms with van der Waals surface area (Å²) >= 11 is 0. The summed E-state index contributed by atoms with van der Waals surface area (Å²) in [6.45, 7) is 6.40. The van der Waals surface area contributed by atoms with Crippen LogP contribution in [0.3, 0.4) is 0 Å². The van der Waals surface area contributed by atoms with Gasteiger partial charge in [-0.3, -0.25) is 9.36 Å². The van der Waals surface area contributed by atoms with Gasteiger partial charge in [-0.05, 0) is 50.6 Å². The number of amides is 2. The highest BCUT2D eigenvalue weighted by Crippen LogP contribution is 2.46. The van der Waals surface area contributed by atoms with Gasteiger partial charge >= 0.3 is 6.09 Å². The van der Waals surface area contributed by atoms with Gasteiger partial charge in [-0.25, -0.2) is 13.6 Å². The summed E-state index contributed by atoms with van der Waals surface area (Å²) in [5.41, 5.74) is -0.342. The van der Waals surface area contributed by atoms with Crippen molar-refractivity contribution in [1.82, 2.24) is 5.32 Å². The van der Waals surface area contributed by atoms with Crippen molar-refractivity contribution < 1.29 is 32.6 Å². The normalized spacial score (nSPS) is 15.1. The molecule has 0 heterocycles. The molecule has 0 fully saturated rings. The van der Waals surface area contributed by atoms with E-state index in [4.69, 9.17) is 4.74 Å². The van der Waals surface area contributed by atoms with Gasteiger partial charge in [-0.15, -0.1) is 0 Å². The van der Waals surface area contributed by atoms with Crippen LogP contribution >= 0.6 is 7.37 Å². The number of nitrogens with one attached hydrogen (secondary N) is 2. The van der Waals surface area contributed by atoms with E-state index in [9.17, 15) is 27.8 Å². The number of rotatable bonds is 8. The van der Waals surface area contributed by atoms with Crippen LogP contribution < -0.4 is 10.6 Å². The third kappa shape index (κ3) is 9.32. The first kappa shape index (κ1) is 26.5. The van der Waals surface area contributed by atoms with E-state index in [1.165, 1.54) is 6.92 Å². The summed E-state index contributed by atoms with van der Waals surface area (Å²) in [7, 11) is -4.04. The second-order valence-corrected chi connectivity index (χ2v) is 11.3. The van der Waals surface area contributed by atoms with Gasteiger partial charge in [0.1, 0.15) is 17.2 Å². The Bertz CT molecular complexity index is 1010. The molecule has 2 aromatic carbocycles. The van der Waals surface area contributed by atoms with Gasteiger partial charge in [0.15, 0.2) is 0 Å². The zero-order chi connectivity index (χ0) is 24.8. The molecule has 180 valence electrons. The van der Waals surface area contributed by atoms with Gasteiger partial charge in [0.2, 0.25) is 13.3 Å². The molecule has 0 aliphatic rings. The van der Waals surface area contributed by atoms with E-state index in [1.807, 2.05) is 0 Å². The molecular weight excluding hydrogens is 453 g/mol. The fraction of sp³-hybridized carbons (Fsp3) is 0.391. The van der Waals surface area contributed by atoms with Crippen molar-refractivity contribution >= 4 is 25.1 Å². The maximum absolute atomic E-state index is 13.8. The number of anilines is 1. The van der Waals surface area contributed by atoms with E-state index in [1.54, 1.807) is 51.1 Å². The Morgan fingerprint density at radius 2 is 1.64 bits per heavy atom. The minimum atomic E-state index is -4.04. The zero-order valence-corrected chi connectivity index (χ0v) is 19.9. The molecule has 7 nitrogen and oxygen atoms in total. The Morgan fingerprint density at radius 3 is 2.18 bits per heavy atom. The molecule has 3 atom stereocenters. The van der Waals surface area contributed by atoms with Gasteiger partial charge in [-0.1, -0.05) is 25.1 Å². The SMILES string of the molecule is CC(CP(=O)(O)CC(NC(=O)OC(C)(C)C)c1cc(F)cc(F)c1)C(=O)Nc1ccccc1. The Kier molecular flexibility index (Phi) is 8.75. The second kappa shape index (κ2) is 10.9. The molecule has 0 aliphatic carbocycles. The standard InChI is InChI=1S/C23H29F2N2O5P/c1-15(21(28)26-19-8-6-5-7-9-19)13-33(30,31)14-20(27-22(29)32-23(2,3)4)16-10-17(24)12-18(25)11-16/h5-12,15,20H,13-14H2,1-4H3,(H,26,28)(H,27,29)(H,30,31). The molecule has 3 N–H and O–H groups in total. The minimum Gasteiger partial charge on any atom is -0.444 e. The molecule has 0 bridgehead atoms. The molecule has 0 aliphatic heterocycles. The lowest BCUT2D eigenvalue weighted by Gasteiger charge is -2.26. The Balaban J connectivity index is 2.17. The van der Waals surface area contributed by atoms with E-state index >= 15 is 0 Å². The number of hydrogen-bond acceptors (Lipinski definition) is 4. The van der Waals surface area contributed by atoms with E-state index < -0.39 is 60.9 Å². The second-order valence-electron chi connectivity index (χ2n) is 8.87. The number of hydrogen-bond donors (Lipinski definition) is 3. The van der Waals surface area contributed by atoms with Crippen molar-refractivity contribution in [3.8, 4) is 0 Å². The molecule has 0 saturated carbocycles. The van der Waals surface area contributed by atoms with Crippen LogP contribution in [0, 0.1) is 17.6 Å². The summed E-state index contributed by atoms with van der Waals surface area (Å²) in [6, 6.07) is 10.0. The number of benzene rings is 2. The highest BCUT2D eigenvalue weighted by atomic mass is 31.2. The van der Waals surface area contributed by atoms with Crippen LogP contribution in [-0.2, 0) is 14.1 Å². The Labute approximate surface area is 192 Å². The van der Waals surface area contributed by atoms with Crippen LogP contribution in [0.4, 0.5) is 19.3 Å². The Hall–Kier alpha value is -2.77. The lowest BCUT2D eigenvalue weighted by atomic mass is 10.1. The van der Waals surface area contributed by atoms with Crippen LogP contribution in [0.1, 0.15) is 39.3 Å². The third-order valence-electron chi connectivity index (χ3n) is 4.49. The summed E-state index contributed by atoms with van der Waals surface area (Å²) in [5.74, 6) is -3.09. The molecule has 0 spiro atoms. The first-order valence-corrected chi connectivity index (χ1v) is 12.4. The lowest BCUT2D eigenvalue weighted by molar-refractivity contribution is -0.118. The van der Waals surface area contributed by atoms with Crippen molar-refractivity contribution in [1.29, 1.82) is 0 Å². The van der Waals surface area contributed by atoms with Crippen LogP contribution in [0.25, 0.3) is 0 Å². The quantitative estimate of drug-likeness (QED) is 0.456. The number of ether oxygens (including phenoxy) is 1. The van der Waals surface area contributed by atoms with Crippen molar-refractivity contribution in [3.05, 3.63) is 65.7 Å². The molecule has 0 aromatic heterocycles. The summed E-state index contributed by atoms with van der Waals surface area (Å²) < 4.78 is 45.7. The van der Waals surface area contributed by atoms with E-state index in [2.05, 4.69) is 10.6 Å². The molecule has 2 rings (SSSR count). The van der Waals surface area contributed by atoms with Crippen LogP contribution in [-0.4, -0.2) is 34.8 Å². The number of carbonyl (C=O) groups is 2. The molecule has 10 heteroatoms. The topological polar surface area (TPSA) is 105 Å². The maximum atomic E-state index is 13.8. The largest absolute Gasteiger partial charge is 0.444 e. The van der Waals surface area contributed by atoms with Gasteiger partial charge in [0.05, 0.1) is 6.04 Å². The monoisotopic (exact) mass is 482 g/mol. The average Bonchev–Trinajstić information content (AvgIpc) is 2.65.